The van der Waals surface area contributed by atoms with Crippen molar-refractivity contribution in [2.45, 2.75) is 12.8 Å². The molecule has 2 heterocycles. The van der Waals surface area contributed by atoms with Crippen molar-refractivity contribution in [3.63, 3.8) is 0 Å². The fourth-order valence-electron chi connectivity index (χ4n) is 3.85. The minimum Gasteiger partial charge on any atom is -0.338 e. The van der Waals surface area contributed by atoms with Gasteiger partial charge in [0.25, 0.3) is 5.91 Å². The Balaban J connectivity index is 0.00000225. The Morgan fingerprint density at radius 2 is 1.82 bits per heavy atom. The van der Waals surface area contributed by atoms with Crippen molar-refractivity contribution >= 4 is 18.3 Å². The molecule has 3 aromatic rings. The molecule has 6 heteroatoms. The van der Waals surface area contributed by atoms with Crippen molar-refractivity contribution in [1.82, 2.24) is 14.7 Å². The SMILES string of the molecule is Cc1cnn(-c2ccc(C(=O)N3C[C@@H](CN)[C@H](c4ccccc4)C3)cc2)c1.Cl. The van der Waals surface area contributed by atoms with Crippen LogP contribution in [0.5, 0.6) is 0 Å². The summed E-state index contributed by atoms with van der Waals surface area (Å²) in [4.78, 5) is 14.9. The third-order valence-corrected chi connectivity index (χ3v) is 5.35. The molecule has 0 aliphatic carbocycles. The molecule has 28 heavy (non-hydrogen) atoms. The maximum absolute atomic E-state index is 13.0. The summed E-state index contributed by atoms with van der Waals surface area (Å²) in [5.74, 6) is 0.657. The highest BCUT2D eigenvalue weighted by atomic mass is 35.5. The number of nitrogens with zero attached hydrogens (tertiary/aromatic N) is 3. The number of hydrogen-bond acceptors (Lipinski definition) is 3. The van der Waals surface area contributed by atoms with Gasteiger partial charge in [0.1, 0.15) is 0 Å². The first-order valence-corrected chi connectivity index (χ1v) is 9.31. The Morgan fingerprint density at radius 3 is 2.43 bits per heavy atom. The molecule has 2 atom stereocenters. The molecule has 0 radical (unpaired) electrons. The van der Waals surface area contributed by atoms with E-state index in [1.807, 2.05) is 71.4 Å². The molecule has 1 aromatic heterocycles. The average molecular weight is 397 g/mol. The van der Waals surface area contributed by atoms with E-state index in [0.29, 0.717) is 37.0 Å². The van der Waals surface area contributed by atoms with Crippen molar-refractivity contribution in [3.05, 3.63) is 83.7 Å². The number of benzene rings is 2. The monoisotopic (exact) mass is 396 g/mol. The van der Waals surface area contributed by atoms with Crippen LogP contribution in [0.2, 0.25) is 0 Å². The zero-order chi connectivity index (χ0) is 18.8. The van der Waals surface area contributed by atoms with Gasteiger partial charge in [-0.25, -0.2) is 4.68 Å². The second-order valence-electron chi connectivity index (χ2n) is 7.23. The normalized spacial score (nSPS) is 18.7. The third kappa shape index (κ3) is 3.96. The number of rotatable bonds is 4. The summed E-state index contributed by atoms with van der Waals surface area (Å²) in [6, 6.07) is 18.0. The van der Waals surface area contributed by atoms with Gasteiger partial charge in [-0.05, 0) is 54.8 Å². The number of likely N-dealkylation sites (tertiary alicyclic amines) is 1. The quantitative estimate of drug-likeness (QED) is 0.734. The van der Waals surface area contributed by atoms with Gasteiger partial charge < -0.3 is 10.6 Å². The molecule has 0 unspecified atom stereocenters. The van der Waals surface area contributed by atoms with E-state index in [4.69, 9.17) is 5.73 Å². The molecule has 4 rings (SSSR count). The standard InChI is InChI=1S/C22H24N4O.ClH/c1-16-12-24-26(13-16)20-9-7-18(8-10-20)22(27)25-14-19(11-23)21(15-25)17-5-3-2-4-6-17;/h2-10,12-13,19,21H,11,14-15,23H2,1H3;1H/t19-,21+;/m1./s1. The highest BCUT2D eigenvalue weighted by Crippen LogP contribution is 2.32. The lowest BCUT2D eigenvalue weighted by Gasteiger charge is -2.17. The Labute approximate surface area is 171 Å². The predicted molar refractivity (Wildman–Crippen MR) is 113 cm³/mol. The van der Waals surface area contributed by atoms with Crippen LogP contribution in [0.4, 0.5) is 0 Å². The van der Waals surface area contributed by atoms with Crippen LogP contribution in [0.15, 0.2) is 67.0 Å². The topological polar surface area (TPSA) is 64.2 Å². The second-order valence-corrected chi connectivity index (χ2v) is 7.23. The number of amides is 1. The van der Waals surface area contributed by atoms with Gasteiger partial charge in [0.15, 0.2) is 0 Å². The summed E-state index contributed by atoms with van der Waals surface area (Å²) in [6.45, 7) is 4.01. The lowest BCUT2D eigenvalue weighted by atomic mass is 9.89. The van der Waals surface area contributed by atoms with Crippen LogP contribution in [0.3, 0.4) is 0 Å². The molecule has 1 aliphatic rings. The van der Waals surface area contributed by atoms with Crippen LogP contribution in [0.25, 0.3) is 5.69 Å². The molecule has 0 saturated carbocycles. The third-order valence-electron chi connectivity index (χ3n) is 5.35. The van der Waals surface area contributed by atoms with Gasteiger partial charge in [-0.15, -0.1) is 12.4 Å². The van der Waals surface area contributed by atoms with Crippen LogP contribution < -0.4 is 5.73 Å². The van der Waals surface area contributed by atoms with Crippen molar-refractivity contribution in [2.75, 3.05) is 19.6 Å². The van der Waals surface area contributed by atoms with Gasteiger partial charge in [0.2, 0.25) is 0 Å². The summed E-state index contributed by atoms with van der Waals surface area (Å²) < 4.78 is 1.81. The minimum absolute atomic E-state index is 0. The van der Waals surface area contributed by atoms with E-state index in [0.717, 1.165) is 11.3 Å². The molecule has 1 aliphatic heterocycles. The minimum atomic E-state index is 0. The summed E-state index contributed by atoms with van der Waals surface area (Å²) in [7, 11) is 0. The Hall–Kier alpha value is -2.63. The van der Waals surface area contributed by atoms with Gasteiger partial charge in [0.05, 0.1) is 11.9 Å². The molecule has 1 saturated heterocycles. The molecule has 2 aromatic carbocycles. The predicted octanol–water partition coefficient (Wildman–Crippen LogP) is 3.42. The van der Waals surface area contributed by atoms with Crippen LogP contribution in [-0.2, 0) is 0 Å². The number of nitrogens with two attached hydrogens (primary N) is 1. The molecule has 0 bridgehead atoms. The summed E-state index contributed by atoms with van der Waals surface area (Å²) >= 11 is 0. The Morgan fingerprint density at radius 1 is 1.11 bits per heavy atom. The number of aromatic nitrogens is 2. The van der Waals surface area contributed by atoms with E-state index in [1.54, 1.807) is 0 Å². The van der Waals surface area contributed by atoms with Crippen molar-refractivity contribution < 1.29 is 4.79 Å². The van der Waals surface area contributed by atoms with Crippen molar-refractivity contribution in [1.29, 1.82) is 0 Å². The van der Waals surface area contributed by atoms with Crippen molar-refractivity contribution in [2.24, 2.45) is 11.7 Å². The Bertz CT molecular complexity index is 923. The highest BCUT2D eigenvalue weighted by Gasteiger charge is 2.35. The molecular formula is C22H25ClN4O. The zero-order valence-corrected chi connectivity index (χ0v) is 16.7. The lowest BCUT2D eigenvalue weighted by molar-refractivity contribution is 0.0786. The molecular weight excluding hydrogens is 372 g/mol. The zero-order valence-electron chi connectivity index (χ0n) is 15.9. The van der Waals surface area contributed by atoms with Gasteiger partial charge in [-0.2, -0.15) is 5.10 Å². The van der Waals surface area contributed by atoms with Crippen LogP contribution in [-0.4, -0.2) is 40.2 Å². The largest absolute Gasteiger partial charge is 0.338 e. The molecule has 5 nitrogen and oxygen atoms in total. The number of hydrogen-bond donors (Lipinski definition) is 1. The molecule has 146 valence electrons. The van der Waals surface area contributed by atoms with Crippen LogP contribution in [0.1, 0.15) is 27.4 Å². The average Bonchev–Trinajstić information content (AvgIpc) is 3.34. The van der Waals surface area contributed by atoms with Gasteiger partial charge in [-0.3, -0.25) is 4.79 Å². The first-order valence-electron chi connectivity index (χ1n) is 9.31. The van der Waals surface area contributed by atoms with E-state index < -0.39 is 0 Å². The molecule has 0 spiro atoms. The maximum atomic E-state index is 13.0. The Kier molecular flexibility index (Phi) is 6.17. The number of aryl methyl sites for hydroxylation is 1. The van der Waals surface area contributed by atoms with E-state index in [1.165, 1.54) is 5.56 Å². The highest BCUT2D eigenvalue weighted by molar-refractivity contribution is 5.94. The van der Waals surface area contributed by atoms with Crippen LogP contribution in [0, 0.1) is 12.8 Å². The smallest absolute Gasteiger partial charge is 0.253 e. The summed E-state index contributed by atoms with van der Waals surface area (Å²) in [5, 5.41) is 4.31. The van der Waals surface area contributed by atoms with E-state index in [9.17, 15) is 4.79 Å². The fraction of sp³-hybridized carbons (Fsp3) is 0.273. The number of carbonyl (C=O) groups excluding carboxylic acids is 1. The lowest BCUT2D eigenvalue weighted by Crippen LogP contribution is -2.29. The number of carbonyl (C=O) groups is 1. The van der Waals surface area contributed by atoms with Crippen molar-refractivity contribution in [3.8, 4) is 5.69 Å². The molecule has 2 N–H and O–H groups in total. The van der Waals surface area contributed by atoms with E-state index >= 15 is 0 Å². The summed E-state index contributed by atoms with van der Waals surface area (Å²) in [5.41, 5.74) is 10.0. The first-order chi connectivity index (χ1) is 13.2. The fourth-order valence-corrected chi connectivity index (χ4v) is 3.85. The van der Waals surface area contributed by atoms with E-state index in [-0.39, 0.29) is 18.3 Å². The maximum Gasteiger partial charge on any atom is 0.253 e. The van der Waals surface area contributed by atoms with Gasteiger partial charge in [-0.1, -0.05) is 30.3 Å². The van der Waals surface area contributed by atoms with Gasteiger partial charge >= 0.3 is 0 Å². The summed E-state index contributed by atoms with van der Waals surface area (Å²) in [6.07, 6.45) is 3.79. The molecule has 1 fully saturated rings. The molecule has 1 amide bonds. The van der Waals surface area contributed by atoms with Gasteiger partial charge in [0, 0.05) is 30.8 Å². The van der Waals surface area contributed by atoms with Crippen LogP contribution >= 0.6 is 12.4 Å². The number of halogens is 1. The van der Waals surface area contributed by atoms with E-state index in [2.05, 4.69) is 17.2 Å². The first kappa shape index (κ1) is 20.1. The second kappa shape index (κ2) is 8.59.